The van der Waals surface area contributed by atoms with Gasteiger partial charge in [0, 0.05) is 22.9 Å². The molecule has 4 aromatic carbocycles. The van der Waals surface area contributed by atoms with Crippen LogP contribution in [0.5, 0.6) is 5.75 Å². The van der Waals surface area contributed by atoms with E-state index < -0.39 is 0 Å². The van der Waals surface area contributed by atoms with Gasteiger partial charge >= 0.3 is 0 Å². The molecule has 1 aliphatic heterocycles. The molecular formula is C30H24N4O. The van der Waals surface area contributed by atoms with Crippen molar-refractivity contribution in [2.24, 2.45) is 5.10 Å². The van der Waals surface area contributed by atoms with E-state index in [1.165, 1.54) is 5.56 Å². The van der Waals surface area contributed by atoms with Crippen LogP contribution in [0.3, 0.4) is 0 Å². The van der Waals surface area contributed by atoms with Crippen LogP contribution in [0.4, 0.5) is 5.95 Å². The van der Waals surface area contributed by atoms with Gasteiger partial charge in [-0.2, -0.15) is 5.10 Å². The highest BCUT2D eigenvalue weighted by molar-refractivity contribution is 6.03. The zero-order valence-corrected chi connectivity index (χ0v) is 19.4. The predicted molar refractivity (Wildman–Crippen MR) is 141 cm³/mol. The van der Waals surface area contributed by atoms with Crippen molar-refractivity contribution in [1.29, 1.82) is 0 Å². The summed E-state index contributed by atoms with van der Waals surface area (Å²) in [7, 11) is 1.68. The van der Waals surface area contributed by atoms with Gasteiger partial charge in [-0.3, -0.25) is 0 Å². The van der Waals surface area contributed by atoms with Crippen LogP contribution in [-0.2, 0) is 0 Å². The molecule has 0 spiro atoms. The molecule has 35 heavy (non-hydrogen) atoms. The molecule has 0 saturated heterocycles. The molecule has 1 atom stereocenters. The Hall–Kier alpha value is -4.51. The lowest BCUT2D eigenvalue weighted by molar-refractivity contribution is 0.414. The molecule has 0 aliphatic carbocycles. The summed E-state index contributed by atoms with van der Waals surface area (Å²) in [6.45, 7) is 0. The zero-order valence-electron chi connectivity index (χ0n) is 19.4. The second-order valence-electron chi connectivity index (χ2n) is 8.51. The molecule has 0 N–H and O–H groups in total. The van der Waals surface area contributed by atoms with Gasteiger partial charge in [0.1, 0.15) is 5.75 Å². The molecule has 170 valence electrons. The summed E-state index contributed by atoms with van der Waals surface area (Å²) in [5, 5.41) is 8.07. The smallest absolute Gasteiger partial charge is 0.247 e. The number of hydrazone groups is 1. The van der Waals surface area contributed by atoms with Crippen LogP contribution in [0.1, 0.15) is 23.6 Å². The molecule has 1 aromatic heterocycles. The van der Waals surface area contributed by atoms with Crippen LogP contribution < -0.4 is 9.75 Å². The number of para-hydroxylation sites is 1. The van der Waals surface area contributed by atoms with Crippen molar-refractivity contribution in [3.63, 3.8) is 0 Å². The zero-order chi connectivity index (χ0) is 23.6. The SMILES string of the molecule is COc1cccc(C2=NN(c3nc(-c4ccccc4)c4ccccc4n3)C(c3ccccc3)C2)c1. The van der Waals surface area contributed by atoms with Crippen molar-refractivity contribution < 1.29 is 4.74 Å². The van der Waals surface area contributed by atoms with E-state index in [-0.39, 0.29) is 6.04 Å². The summed E-state index contributed by atoms with van der Waals surface area (Å²) in [4.78, 5) is 10.0. The number of ether oxygens (including phenoxy) is 1. The Labute approximate surface area is 204 Å². The van der Waals surface area contributed by atoms with E-state index in [0.717, 1.165) is 45.6 Å². The van der Waals surface area contributed by atoms with Crippen molar-refractivity contribution in [3.8, 4) is 17.0 Å². The molecule has 0 bridgehead atoms. The number of benzene rings is 4. The summed E-state index contributed by atoms with van der Waals surface area (Å²) in [6.07, 6.45) is 0.744. The van der Waals surface area contributed by atoms with Gasteiger partial charge in [-0.15, -0.1) is 0 Å². The fourth-order valence-corrected chi connectivity index (χ4v) is 4.59. The number of rotatable bonds is 5. The highest BCUT2D eigenvalue weighted by atomic mass is 16.5. The van der Waals surface area contributed by atoms with Crippen LogP contribution in [0.15, 0.2) is 114 Å². The molecule has 5 heteroatoms. The number of nitrogens with zero attached hydrogens (tertiary/aromatic N) is 4. The van der Waals surface area contributed by atoms with Gasteiger partial charge in [-0.25, -0.2) is 15.0 Å². The fraction of sp³-hybridized carbons (Fsp3) is 0.100. The normalized spacial score (nSPS) is 15.3. The summed E-state index contributed by atoms with van der Waals surface area (Å²) in [5.74, 6) is 1.41. The van der Waals surface area contributed by atoms with Gasteiger partial charge in [-0.1, -0.05) is 91.0 Å². The Morgan fingerprint density at radius 2 is 1.46 bits per heavy atom. The van der Waals surface area contributed by atoms with E-state index in [1.54, 1.807) is 7.11 Å². The van der Waals surface area contributed by atoms with Gasteiger partial charge < -0.3 is 4.74 Å². The molecule has 1 aliphatic rings. The largest absolute Gasteiger partial charge is 0.497 e. The maximum absolute atomic E-state index is 5.46. The Bertz CT molecular complexity index is 1520. The van der Waals surface area contributed by atoms with Crippen LogP contribution in [-0.4, -0.2) is 22.8 Å². The number of aromatic nitrogens is 2. The van der Waals surface area contributed by atoms with Crippen molar-refractivity contribution in [2.45, 2.75) is 12.5 Å². The molecule has 0 fully saturated rings. The summed E-state index contributed by atoms with van der Waals surface area (Å²) < 4.78 is 5.46. The minimum Gasteiger partial charge on any atom is -0.497 e. The minimum absolute atomic E-state index is 0.0119. The first-order valence-electron chi connectivity index (χ1n) is 11.7. The summed E-state index contributed by atoms with van der Waals surface area (Å²) >= 11 is 0. The lowest BCUT2D eigenvalue weighted by Gasteiger charge is -2.23. The number of hydrogen-bond donors (Lipinski definition) is 0. The standard InChI is InChI=1S/C30H24N4O/c1-35-24-16-10-15-23(19-24)27-20-28(21-11-4-2-5-12-21)34(33-27)30-31-26-18-9-8-17-25(26)29(32-30)22-13-6-3-7-14-22/h2-19,28H,20H2,1H3. The molecule has 0 amide bonds. The van der Waals surface area contributed by atoms with Crippen molar-refractivity contribution >= 4 is 22.6 Å². The fourth-order valence-electron chi connectivity index (χ4n) is 4.59. The Morgan fingerprint density at radius 3 is 2.26 bits per heavy atom. The molecule has 1 unspecified atom stereocenters. The molecule has 5 nitrogen and oxygen atoms in total. The van der Waals surface area contributed by atoms with Crippen LogP contribution >= 0.6 is 0 Å². The third-order valence-electron chi connectivity index (χ3n) is 6.34. The van der Waals surface area contributed by atoms with Gasteiger partial charge in [0.2, 0.25) is 5.95 Å². The van der Waals surface area contributed by atoms with Gasteiger partial charge in [0.15, 0.2) is 0 Å². The first kappa shape index (κ1) is 21.1. The van der Waals surface area contributed by atoms with Gasteiger partial charge in [0.25, 0.3) is 0 Å². The number of anilines is 1. The van der Waals surface area contributed by atoms with Gasteiger partial charge in [-0.05, 0) is 23.8 Å². The average Bonchev–Trinajstić information content (AvgIpc) is 3.39. The van der Waals surface area contributed by atoms with E-state index in [9.17, 15) is 0 Å². The second-order valence-corrected chi connectivity index (χ2v) is 8.51. The topological polar surface area (TPSA) is 50.6 Å². The highest BCUT2D eigenvalue weighted by Gasteiger charge is 2.32. The van der Waals surface area contributed by atoms with Crippen LogP contribution in [0, 0.1) is 0 Å². The molecule has 2 heterocycles. The molecule has 6 rings (SSSR count). The number of methoxy groups -OCH3 is 1. The third-order valence-corrected chi connectivity index (χ3v) is 6.34. The van der Waals surface area contributed by atoms with Crippen molar-refractivity contribution in [2.75, 3.05) is 12.1 Å². The maximum atomic E-state index is 5.46. The number of hydrogen-bond acceptors (Lipinski definition) is 5. The van der Waals surface area contributed by atoms with E-state index in [4.69, 9.17) is 19.8 Å². The van der Waals surface area contributed by atoms with Crippen LogP contribution in [0.25, 0.3) is 22.2 Å². The molecule has 5 aromatic rings. The lowest BCUT2D eigenvalue weighted by atomic mass is 9.98. The van der Waals surface area contributed by atoms with E-state index in [0.29, 0.717) is 5.95 Å². The molecular weight excluding hydrogens is 432 g/mol. The first-order valence-corrected chi connectivity index (χ1v) is 11.7. The average molecular weight is 457 g/mol. The maximum Gasteiger partial charge on any atom is 0.247 e. The monoisotopic (exact) mass is 456 g/mol. The minimum atomic E-state index is -0.0119. The lowest BCUT2D eigenvalue weighted by Crippen LogP contribution is -2.21. The third kappa shape index (κ3) is 4.02. The molecule has 0 radical (unpaired) electrons. The Balaban J connectivity index is 1.52. The van der Waals surface area contributed by atoms with E-state index in [2.05, 4.69) is 48.5 Å². The highest BCUT2D eigenvalue weighted by Crippen LogP contribution is 2.37. The van der Waals surface area contributed by atoms with Gasteiger partial charge in [0.05, 0.1) is 30.1 Å². The van der Waals surface area contributed by atoms with E-state index in [1.807, 2.05) is 65.7 Å². The quantitative estimate of drug-likeness (QED) is 0.297. The Kier molecular flexibility index (Phi) is 5.43. The number of fused-ring (bicyclic) bond motifs is 1. The summed E-state index contributed by atoms with van der Waals surface area (Å²) in [6, 6.07) is 36.9. The molecule has 0 saturated carbocycles. The van der Waals surface area contributed by atoms with Crippen LogP contribution in [0.2, 0.25) is 0 Å². The summed E-state index contributed by atoms with van der Waals surface area (Å²) in [5.41, 5.74) is 6.05. The second kappa shape index (κ2) is 9.03. The Morgan fingerprint density at radius 1 is 0.743 bits per heavy atom. The first-order chi connectivity index (χ1) is 17.3. The van der Waals surface area contributed by atoms with Crippen molar-refractivity contribution in [3.05, 3.63) is 120 Å². The predicted octanol–water partition coefficient (Wildman–Crippen LogP) is 6.66. The van der Waals surface area contributed by atoms with E-state index >= 15 is 0 Å². The van der Waals surface area contributed by atoms with Crippen molar-refractivity contribution in [1.82, 2.24) is 9.97 Å².